The number of hydrogen-bond acceptors (Lipinski definition) is 2. The maximum absolute atomic E-state index is 8.57. The molecule has 8 heavy (non-hydrogen) atoms. The summed E-state index contributed by atoms with van der Waals surface area (Å²) >= 11 is 0. The fourth-order valence-corrected chi connectivity index (χ4v) is 0.353. The van der Waals surface area contributed by atoms with E-state index in [0.29, 0.717) is 0 Å². The van der Waals surface area contributed by atoms with E-state index in [1.807, 2.05) is 0 Å². The van der Waals surface area contributed by atoms with Crippen LogP contribution >= 0.6 is 12.4 Å². The van der Waals surface area contributed by atoms with Crippen molar-refractivity contribution in [2.75, 3.05) is 6.54 Å². The highest BCUT2D eigenvalue weighted by molar-refractivity contribution is 5.85. The molecule has 3 heteroatoms. The Hall–Kier alpha value is 0.210. The van der Waals surface area contributed by atoms with Gasteiger partial charge in [-0.1, -0.05) is 6.92 Å². The van der Waals surface area contributed by atoms with Gasteiger partial charge in [-0.25, -0.2) is 0 Å². The summed E-state index contributed by atoms with van der Waals surface area (Å²) in [6.07, 6.45) is 0.727. The Kier molecular flexibility index (Phi) is 9.97. The van der Waals surface area contributed by atoms with Crippen molar-refractivity contribution in [1.29, 1.82) is 0 Å². The molecular formula is C5H14ClNO. The van der Waals surface area contributed by atoms with Crippen LogP contribution in [0.2, 0.25) is 0 Å². The molecule has 0 aromatic carbocycles. The van der Waals surface area contributed by atoms with Crippen LogP contribution < -0.4 is 5.32 Å². The van der Waals surface area contributed by atoms with Crippen LogP contribution in [0.1, 0.15) is 20.3 Å². The van der Waals surface area contributed by atoms with Gasteiger partial charge in [-0.3, -0.25) is 5.32 Å². The zero-order valence-electron chi connectivity index (χ0n) is 5.35. The van der Waals surface area contributed by atoms with Crippen LogP contribution in [-0.2, 0) is 0 Å². The number of nitrogens with one attached hydrogen (secondary N) is 1. The highest BCUT2D eigenvalue weighted by Crippen LogP contribution is 1.72. The Morgan fingerprint density at radius 2 is 2.12 bits per heavy atom. The van der Waals surface area contributed by atoms with Crippen molar-refractivity contribution < 1.29 is 5.11 Å². The van der Waals surface area contributed by atoms with E-state index in [4.69, 9.17) is 5.11 Å². The van der Waals surface area contributed by atoms with Gasteiger partial charge in [0, 0.05) is 0 Å². The second-order valence-electron chi connectivity index (χ2n) is 1.63. The smallest absolute Gasteiger partial charge is 0.102 e. The van der Waals surface area contributed by atoms with Crippen LogP contribution in [0.25, 0.3) is 0 Å². The summed E-state index contributed by atoms with van der Waals surface area (Å²) < 4.78 is 0. The molecule has 0 rings (SSSR count). The summed E-state index contributed by atoms with van der Waals surface area (Å²) in [4.78, 5) is 0. The topological polar surface area (TPSA) is 32.3 Å². The maximum atomic E-state index is 8.57. The summed E-state index contributed by atoms with van der Waals surface area (Å²) in [6, 6.07) is 0. The first kappa shape index (κ1) is 11.1. The molecule has 0 fully saturated rings. The maximum Gasteiger partial charge on any atom is 0.102 e. The zero-order chi connectivity index (χ0) is 5.70. The fourth-order valence-electron chi connectivity index (χ4n) is 0.353. The molecular weight excluding hydrogens is 126 g/mol. The second kappa shape index (κ2) is 7.21. The predicted octanol–water partition coefficient (Wildman–Crippen LogP) is 0.746. The average Bonchev–Trinajstić information content (AvgIpc) is 1.61. The quantitative estimate of drug-likeness (QED) is 0.566. The van der Waals surface area contributed by atoms with E-state index in [1.54, 1.807) is 6.92 Å². The van der Waals surface area contributed by atoms with Crippen LogP contribution in [0, 0.1) is 0 Å². The lowest BCUT2D eigenvalue weighted by Crippen LogP contribution is -2.25. The van der Waals surface area contributed by atoms with Gasteiger partial charge in [0.1, 0.15) is 6.23 Å². The molecule has 0 aliphatic heterocycles. The number of hydrogen-bond donors (Lipinski definition) is 2. The first-order valence-corrected chi connectivity index (χ1v) is 2.68. The van der Waals surface area contributed by atoms with Gasteiger partial charge in [0.05, 0.1) is 0 Å². The zero-order valence-corrected chi connectivity index (χ0v) is 6.16. The van der Waals surface area contributed by atoms with Crippen molar-refractivity contribution in [2.45, 2.75) is 26.5 Å². The summed E-state index contributed by atoms with van der Waals surface area (Å²) in [5.41, 5.74) is 0. The lowest BCUT2D eigenvalue weighted by Gasteiger charge is -2.02. The van der Waals surface area contributed by atoms with Gasteiger partial charge in [-0.2, -0.15) is 0 Å². The molecule has 0 bridgehead atoms. The molecule has 0 aromatic heterocycles. The van der Waals surface area contributed by atoms with E-state index in [2.05, 4.69) is 12.2 Å². The minimum absolute atomic E-state index is 0. The van der Waals surface area contributed by atoms with E-state index < -0.39 is 0 Å². The molecule has 0 radical (unpaired) electrons. The first-order valence-electron chi connectivity index (χ1n) is 2.68. The number of rotatable bonds is 3. The Bertz CT molecular complexity index is 41.4. The Balaban J connectivity index is 0. The highest BCUT2D eigenvalue weighted by atomic mass is 35.5. The third-order valence-corrected chi connectivity index (χ3v) is 0.690. The lowest BCUT2D eigenvalue weighted by atomic mass is 10.5. The van der Waals surface area contributed by atoms with E-state index in [1.165, 1.54) is 0 Å². The van der Waals surface area contributed by atoms with Crippen molar-refractivity contribution in [3.8, 4) is 0 Å². The summed E-state index contributed by atoms with van der Waals surface area (Å²) in [5, 5.41) is 11.4. The third kappa shape index (κ3) is 9.51. The molecule has 2 nitrogen and oxygen atoms in total. The largest absolute Gasteiger partial charge is 0.379 e. The first-order chi connectivity index (χ1) is 3.27. The van der Waals surface area contributed by atoms with Gasteiger partial charge >= 0.3 is 0 Å². The predicted molar refractivity (Wildman–Crippen MR) is 37.2 cm³/mol. The second-order valence-corrected chi connectivity index (χ2v) is 1.63. The van der Waals surface area contributed by atoms with Crippen LogP contribution in [-0.4, -0.2) is 17.9 Å². The minimum Gasteiger partial charge on any atom is -0.379 e. The summed E-state index contributed by atoms with van der Waals surface area (Å²) in [5.74, 6) is 0. The molecule has 1 atom stereocenters. The van der Waals surface area contributed by atoms with Gasteiger partial charge in [0.2, 0.25) is 0 Å². The molecule has 0 spiro atoms. The van der Waals surface area contributed by atoms with Crippen molar-refractivity contribution in [2.24, 2.45) is 0 Å². The summed E-state index contributed by atoms with van der Waals surface area (Å²) in [7, 11) is 0. The molecule has 1 unspecified atom stereocenters. The number of aliphatic hydroxyl groups is 1. The molecule has 52 valence electrons. The van der Waals surface area contributed by atoms with Crippen LogP contribution in [0.3, 0.4) is 0 Å². The Morgan fingerprint density at radius 3 is 2.25 bits per heavy atom. The summed E-state index contributed by atoms with van der Waals surface area (Å²) in [6.45, 7) is 4.68. The minimum atomic E-state index is -0.347. The number of halogens is 1. The molecule has 0 aliphatic carbocycles. The molecule has 0 heterocycles. The number of aliphatic hydroxyl groups excluding tert-OH is 1. The van der Waals surface area contributed by atoms with Crippen molar-refractivity contribution >= 4 is 12.4 Å². The molecule has 0 aliphatic rings. The van der Waals surface area contributed by atoms with E-state index in [-0.39, 0.29) is 18.6 Å². The lowest BCUT2D eigenvalue weighted by molar-refractivity contribution is 0.157. The van der Waals surface area contributed by atoms with Crippen LogP contribution in [0.15, 0.2) is 0 Å². The molecule has 2 N–H and O–H groups in total. The molecule has 0 amide bonds. The Morgan fingerprint density at radius 1 is 1.62 bits per heavy atom. The van der Waals surface area contributed by atoms with Gasteiger partial charge in [0.15, 0.2) is 0 Å². The van der Waals surface area contributed by atoms with Crippen LogP contribution in [0.4, 0.5) is 0 Å². The van der Waals surface area contributed by atoms with Crippen molar-refractivity contribution in [1.82, 2.24) is 5.32 Å². The van der Waals surface area contributed by atoms with Crippen molar-refractivity contribution in [3.63, 3.8) is 0 Å². The standard InChI is InChI=1S/C5H13NO.ClH/c1-3-4-6-5(2)7;/h5-7H,3-4H2,1-2H3;1H. The molecule has 0 aromatic rings. The van der Waals surface area contributed by atoms with Crippen LogP contribution in [0.5, 0.6) is 0 Å². The van der Waals surface area contributed by atoms with Gasteiger partial charge in [-0.05, 0) is 19.9 Å². The molecule has 0 saturated heterocycles. The monoisotopic (exact) mass is 139 g/mol. The normalized spacial score (nSPS) is 12.4. The highest BCUT2D eigenvalue weighted by Gasteiger charge is 1.86. The van der Waals surface area contributed by atoms with Gasteiger partial charge in [0.25, 0.3) is 0 Å². The SMILES string of the molecule is CCCNC(C)O.Cl. The van der Waals surface area contributed by atoms with Gasteiger partial charge in [-0.15, -0.1) is 12.4 Å². The Labute approximate surface area is 56.7 Å². The van der Waals surface area contributed by atoms with E-state index in [9.17, 15) is 0 Å². The van der Waals surface area contributed by atoms with Crippen molar-refractivity contribution in [3.05, 3.63) is 0 Å². The van der Waals surface area contributed by atoms with Gasteiger partial charge < -0.3 is 5.11 Å². The fraction of sp³-hybridized carbons (Fsp3) is 1.00. The van der Waals surface area contributed by atoms with E-state index in [0.717, 1.165) is 13.0 Å². The average molecular weight is 140 g/mol. The van der Waals surface area contributed by atoms with E-state index >= 15 is 0 Å². The molecule has 0 saturated carbocycles. The third-order valence-electron chi connectivity index (χ3n) is 0.690.